The van der Waals surface area contributed by atoms with Gasteiger partial charge in [-0.2, -0.15) is 5.10 Å². The second-order valence-corrected chi connectivity index (χ2v) is 6.93. The minimum Gasteiger partial charge on any atom is -0.373 e. The Morgan fingerprint density at radius 3 is 2.83 bits per heavy atom. The molecule has 1 saturated heterocycles. The van der Waals surface area contributed by atoms with E-state index in [0.717, 1.165) is 63.2 Å². The maximum absolute atomic E-state index is 12.7. The summed E-state index contributed by atoms with van der Waals surface area (Å²) in [7, 11) is 1.89. The van der Waals surface area contributed by atoms with Gasteiger partial charge in [0.25, 0.3) is 5.91 Å². The molecule has 0 radical (unpaired) electrons. The molecule has 3 heterocycles. The van der Waals surface area contributed by atoms with Crippen LogP contribution in [0.25, 0.3) is 0 Å². The molecule has 0 unspecified atom stereocenters. The maximum Gasteiger partial charge on any atom is 0.257 e. The summed E-state index contributed by atoms with van der Waals surface area (Å²) >= 11 is 0. The van der Waals surface area contributed by atoms with Crippen molar-refractivity contribution in [2.75, 3.05) is 33.2 Å². The third-order valence-electron chi connectivity index (χ3n) is 4.81. The molecule has 0 N–H and O–H groups in total. The SMILES string of the molecule is C[C@@H]1CN(CCN(C)C(=O)c2cnn3c2CCCC3)C[C@H](C)O1. The molecule has 1 aromatic heterocycles. The topological polar surface area (TPSA) is 50.6 Å². The van der Waals surface area contributed by atoms with Gasteiger partial charge in [-0.3, -0.25) is 14.4 Å². The molecule has 1 amide bonds. The summed E-state index contributed by atoms with van der Waals surface area (Å²) in [6.07, 6.45) is 5.56. The van der Waals surface area contributed by atoms with Gasteiger partial charge in [0.1, 0.15) is 0 Å². The van der Waals surface area contributed by atoms with Crippen molar-refractivity contribution in [3.05, 3.63) is 17.5 Å². The third-order valence-corrected chi connectivity index (χ3v) is 4.81. The van der Waals surface area contributed by atoms with E-state index in [2.05, 4.69) is 23.8 Å². The van der Waals surface area contributed by atoms with Gasteiger partial charge in [0.2, 0.25) is 0 Å². The first-order valence-electron chi connectivity index (χ1n) is 8.72. The van der Waals surface area contributed by atoms with E-state index < -0.39 is 0 Å². The predicted molar refractivity (Wildman–Crippen MR) is 88.6 cm³/mol. The Kier molecular flexibility index (Phi) is 5.02. The number of aryl methyl sites for hydroxylation is 1. The van der Waals surface area contributed by atoms with Gasteiger partial charge in [0, 0.05) is 39.8 Å². The van der Waals surface area contributed by atoms with Gasteiger partial charge >= 0.3 is 0 Å². The first kappa shape index (κ1) is 16.5. The highest BCUT2D eigenvalue weighted by molar-refractivity contribution is 5.95. The van der Waals surface area contributed by atoms with Gasteiger partial charge in [-0.25, -0.2) is 0 Å². The molecule has 1 fully saturated rings. The Morgan fingerprint density at radius 1 is 1.35 bits per heavy atom. The van der Waals surface area contributed by atoms with Crippen LogP contribution in [0.15, 0.2) is 6.20 Å². The van der Waals surface area contributed by atoms with Gasteiger partial charge in [-0.05, 0) is 33.1 Å². The monoisotopic (exact) mass is 320 g/mol. The molecular weight excluding hydrogens is 292 g/mol. The van der Waals surface area contributed by atoms with Crippen molar-refractivity contribution in [2.24, 2.45) is 0 Å². The van der Waals surface area contributed by atoms with E-state index in [1.165, 1.54) is 0 Å². The summed E-state index contributed by atoms with van der Waals surface area (Å²) < 4.78 is 7.75. The number of ether oxygens (including phenoxy) is 1. The first-order valence-corrected chi connectivity index (χ1v) is 8.72. The number of amides is 1. The lowest BCUT2D eigenvalue weighted by Gasteiger charge is -2.36. The number of morpholine rings is 1. The smallest absolute Gasteiger partial charge is 0.257 e. The summed E-state index contributed by atoms with van der Waals surface area (Å²) in [5.41, 5.74) is 1.90. The number of fused-ring (bicyclic) bond motifs is 1. The summed E-state index contributed by atoms with van der Waals surface area (Å²) in [5.74, 6) is 0.0995. The zero-order valence-electron chi connectivity index (χ0n) is 14.5. The highest BCUT2D eigenvalue weighted by atomic mass is 16.5. The van der Waals surface area contributed by atoms with Gasteiger partial charge in [0.05, 0.1) is 29.7 Å². The lowest BCUT2D eigenvalue weighted by molar-refractivity contribution is -0.0685. The average Bonchev–Trinajstić information content (AvgIpc) is 2.95. The Labute approximate surface area is 138 Å². The van der Waals surface area contributed by atoms with Gasteiger partial charge in [-0.1, -0.05) is 0 Å². The molecule has 6 nitrogen and oxygen atoms in total. The number of rotatable bonds is 4. The zero-order valence-corrected chi connectivity index (χ0v) is 14.5. The predicted octanol–water partition coefficient (Wildman–Crippen LogP) is 1.40. The van der Waals surface area contributed by atoms with Gasteiger partial charge in [-0.15, -0.1) is 0 Å². The number of hydrogen-bond acceptors (Lipinski definition) is 4. The van der Waals surface area contributed by atoms with Gasteiger partial charge in [0.15, 0.2) is 0 Å². The van der Waals surface area contributed by atoms with Crippen LogP contribution in [0, 0.1) is 0 Å². The van der Waals surface area contributed by atoms with Crippen LogP contribution >= 0.6 is 0 Å². The molecular formula is C17H28N4O2. The van der Waals surface area contributed by atoms with E-state index in [1.807, 2.05) is 16.6 Å². The molecule has 0 aliphatic carbocycles. The number of carbonyl (C=O) groups excluding carboxylic acids is 1. The third kappa shape index (κ3) is 3.75. The molecule has 2 aliphatic heterocycles. The first-order chi connectivity index (χ1) is 11.0. The fraction of sp³-hybridized carbons (Fsp3) is 0.765. The molecule has 0 spiro atoms. The Hall–Kier alpha value is -1.40. The van der Waals surface area contributed by atoms with E-state index in [9.17, 15) is 4.79 Å². The summed E-state index contributed by atoms with van der Waals surface area (Å²) in [6, 6.07) is 0. The average molecular weight is 320 g/mol. The fourth-order valence-electron chi connectivity index (χ4n) is 3.67. The highest BCUT2D eigenvalue weighted by Gasteiger charge is 2.25. The second kappa shape index (κ2) is 7.01. The molecule has 0 aromatic carbocycles. The van der Waals surface area contributed by atoms with E-state index in [0.29, 0.717) is 0 Å². The van der Waals surface area contributed by atoms with Crippen molar-refractivity contribution in [3.63, 3.8) is 0 Å². The second-order valence-electron chi connectivity index (χ2n) is 6.93. The molecule has 6 heteroatoms. The Morgan fingerprint density at radius 2 is 2.09 bits per heavy atom. The number of likely N-dealkylation sites (N-methyl/N-ethyl adjacent to an activating group) is 1. The van der Waals surface area contributed by atoms with E-state index >= 15 is 0 Å². The van der Waals surface area contributed by atoms with Crippen LogP contribution in [0.4, 0.5) is 0 Å². The largest absolute Gasteiger partial charge is 0.373 e. The fourth-order valence-corrected chi connectivity index (χ4v) is 3.67. The minimum atomic E-state index is 0.0995. The molecule has 128 valence electrons. The van der Waals surface area contributed by atoms with E-state index in [1.54, 1.807) is 6.20 Å². The number of carbonyl (C=O) groups is 1. The molecule has 2 aliphatic rings. The summed E-state index contributed by atoms with van der Waals surface area (Å²) in [5, 5.41) is 4.37. The molecule has 0 saturated carbocycles. The van der Waals surface area contributed by atoms with Crippen LogP contribution in [0.5, 0.6) is 0 Å². The van der Waals surface area contributed by atoms with E-state index in [-0.39, 0.29) is 18.1 Å². The lowest BCUT2D eigenvalue weighted by atomic mass is 10.1. The van der Waals surface area contributed by atoms with Crippen molar-refractivity contribution in [1.29, 1.82) is 0 Å². The minimum absolute atomic E-state index is 0.0995. The number of aromatic nitrogens is 2. The zero-order chi connectivity index (χ0) is 16.4. The lowest BCUT2D eigenvalue weighted by Crippen LogP contribution is -2.48. The summed E-state index contributed by atoms with van der Waals surface area (Å²) in [4.78, 5) is 16.9. The van der Waals surface area contributed by atoms with Crippen molar-refractivity contribution < 1.29 is 9.53 Å². The quantitative estimate of drug-likeness (QED) is 0.841. The molecule has 2 atom stereocenters. The van der Waals surface area contributed by atoms with Crippen molar-refractivity contribution in [2.45, 2.75) is 51.9 Å². The summed E-state index contributed by atoms with van der Waals surface area (Å²) in [6.45, 7) is 8.67. The van der Waals surface area contributed by atoms with Crippen molar-refractivity contribution in [1.82, 2.24) is 19.6 Å². The van der Waals surface area contributed by atoms with Crippen LogP contribution < -0.4 is 0 Å². The number of hydrogen-bond donors (Lipinski definition) is 0. The molecule has 23 heavy (non-hydrogen) atoms. The van der Waals surface area contributed by atoms with Crippen LogP contribution in [0.2, 0.25) is 0 Å². The van der Waals surface area contributed by atoms with Crippen LogP contribution in [-0.2, 0) is 17.7 Å². The van der Waals surface area contributed by atoms with Crippen molar-refractivity contribution >= 4 is 5.91 Å². The number of nitrogens with zero attached hydrogens (tertiary/aromatic N) is 4. The Balaban J connectivity index is 1.56. The van der Waals surface area contributed by atoms with Gasteiger partial charge < -0.3 is 9.64 Å². The van der Waals surface area contributed by atoms with Crippen LogP contribution in [0.3, 0.4) is 0 Å². The van der Waals surface area contributed by atoms with E-state index in [4.69, 9.17) is 4.74 Å². The normalized spacial score (nSPS) is 25.2. The maximum atomic E-state index is 12.7. The molecule has 1 aromatic rings. The van der Waals surface area contributed by atoms with Crippen LogP contribution in [-0.4, -0.2) is 70.9 Å². The standard InChI is InChI=1S/C17H28N4O2/c1-13-11-20(12-14(2)23-13)9-8-19(3)17(22)15-10-18-21-7-5-4-6-16(15)21/h10,13-14H,4-9,11-12H2,1-3H3/t13-,14+. The molecule has 3 rings (SSSR count). The Bertz CT molecular complexity index is 547. The van der Waals surface area contributed by atoms with Crippen LogP contribution in [0.1, 0.15) is 42.7 Å². The molecule has 0 bridgehead atoms. The van der Waals surface area contributed by atoms with Crippen molar-refractivity contribution in [3.8, 4) is 0 Å². The highest BCUT2D eigenvalue weighted by Crippen LogP contribution is 2.19.